The molecule has 1 atom stereocenters. The van der Waals surface area contributed by atoms with Crippen molar-refractivity contribution >= 4 is 28.4 Å². The number of carbonyl (C=O) groups excluding carboxylic acids is 1. The van der Waals surface area contributed by atoms with Gasteiger partial charge in [-0.1, -0.05) is 0 Å². The number of nitrogens with zero attached hydrogens (tertiary/aromatic N) is 2. The lowest BCUT2D eigenvalue weighted by atomic mass is 9.78. The fraction of sp³-hybridized carbons (Fsp3) is 0.464. The molecule has 0 unspecified atom stereocenters. The number of hydrogen-bond donors (Lipinski definition) is 2. The summed E-state index contributed by atoms with van der Waals surface area (Å²) in [4.78, 5) is 21.3. The van der Waals surface area contributed by atoms with E-state index >= 15 is 0 Å². The smallest absolute Gasteiger partial charge is 0.416 e. The summed E-state index contributed by atoms with van der Waals surface area (Å²) in [5, 5.41) is 4.02. The molecule has 1 heterocycles. The molecule has 1 aliphatic rings. The molecule has 0 amide bonds. The number of alkyl halides is 3. The van der Waals surface area contributed by atoms with Crippen LogP contribution in [0.2, 0.25) is 0 Å². The highest BCUT2D eigenvalue weighted by Gasteiger charge is 2.32. The minimum absolute atomic E-state index is 0.0395. The number of halogens is 3. The van der Waals surface area contributed by atoms with Crippen LogP contribution in [-0.2, 0) is 15.7 Å². The van der Waals surface area contributed by atoms with Gasteiger partial charge in [0.2, 0.25) is 0 Å². The van der Waals surface area contributed by atoms with Crippen LogP contribution in [-0.4, -0.2) is 29.7 Å². The third kappa shape index (κ3) is 5.95. The molecule has 1 aromatic heterocycles. The molecule has 0 bridgehead atoms. The molecular formula is C28H33F3N4O3. The number of nitrogens with two attached hydrogens (primary N) is 1. The molecule has 3 N–H and O–H groups in total. The topological polar surface area (TPSA) is 99.4 Å². The Bertz CT molecular complexity index is 1320. The van der Waals surface area contributed by atoms with Gasteiger partial charge >= 0.3 is 12.1 Å². The molecule has 38 heavy (non-hydrogen) atoms. The Morgan fingerprint density at radius 1 is 1.13 bits per heavy atom. The van der Waals surface area contributed by atoms with Crippen LogP contribution in [0.1, 0.15) is 74.0 Å². The number of methoxy groups -OCH3 is 1. The maximum absolute atomic E-state index is 13.4. The molecule has 3 aromatic rings. The van der Waals surface area contributed by atoms with E-state index < -0.39 is 17.8 Å². The van der Waals surface area contributed by atoms with Gasteiger partial charge in [0, 0.05) is 17.1 Å². The van der Waals surface area contributed by atoms with E-state index in [4.69, 9.17) is 15.2 Å². The summed E-state index contributed by atoms with van der Waals surface area (Å²) in [5.41, 5.74) is 7.08. The summed E-state index contributed by atoms with van der Waals surface area (Å²) in [6.45, 7) is 5.70. The Labute approximate surface area is 219 Å². The zero-order valence-electron chi connectivity index (χ0n) is 22.0. The Kier molecular flexibility index (Phi) is 7.99. The molecular weight excluding hydrogens is 497 g/mol. The molecule has 0 spiro atoms. The summed E-state index contributed by atoms with van der Waals surface area (Å²) >= 11 is 0. The number of fused-ring (bicyclic) bond motifs is 1. The zero-order valence-corrected chi connectivity index (χ0v) is 22.0. The van der Waals surface area contributed by atoms with Gasteiger partial charge in [0.25, 0.3) is 0 Å². The van der Waals surface area contributed by atoms with E-state index in [1.54, 1.807) is 21.0 Å². The van der Waals surface area contributed by atoms with Crippen molar-refractivity contribution in [1.29, 1.82) is 0 Å². The first-order valence-corrected chi connectivity index (χ1v) is 12.8. The fourth-order valence-corrected chi connectivity index (χ4v) is 5.17. The number of nitrogen functional groups attached to an aromatic ring is 1. The third-order valence-electron chi connectivity index (χ3n) is 7.10. The van der Waals surface area contributed by atoms with Gasteiger partial charge < -0.3 is 20.5 Å². The van der Waals surface area contributed by atoms with Gasteiger partial charge in [0.05, 0.1) is 36.8 Å². The van der Waals surface area contributed by atoms with Crippen molar-refractivity contribution in [2.24, 2.45) is 5.92 Å². The lowest BCUT2D eigenvalue weighted by Crippen LogP contribution is -2.23. The van der Waals surface area contributed by atoms with Gasteiger partial charge in [-0.2, -0.15) is 13.2 Å². The van der Waals surface area contributed by atoms with Gasteiger partial charge in [-0.15, -0.1) is 0 Å². The summed E-state index contributed by atoms with van der Waals surface area (Å²) in [6, 6.07) is 6.91. The third-order valence-corrected chi connectivity index (χ3v) is 7.10. The Balaban J connectivity index is 1.67. The van der Waals surface area contributed by atoms with Crippen molar-refractivity contribution in [1.82, 2.24) is 9.97 Å². The van der Waals surface area contributed by atoms with Crippen LogP contribution in [0.25, 0.3) is 10.9 Å². The first kappa shape index (κ1) is 27.5. The summed E-state index contributed by atoms with van der Waals surface area (Å²) in [6.07, 6.45) is -1.43. The maximum atomic E-state index is 13.4. The number of anilines is 2. The second-order valence-corrected chi connectivity index (χ2v) is 9.78. The standard InChI is InChI=1S/C28H33F3N4O3/c1-5-38-27(36)18-8-6-17(7-9-18)22-13-23-24(14-25(22)37-4)34-16(3)35-26(23)33-15(2)19-10-20(28(29,30)31)12-21(32)11-19/h10-15,17-18H,5-9,32H2,1-4H3,(H,33,34,35)/t15-,17?,18?/m1/s1. The van der Waals surface area contributed by atoms with E-state index in [0.717, 1.165) is 48.8 Å². The quantitative estimate of drug-likeness (QED) is 0.264. The number of aryl methyl sites for hydroxylation is 1. The molecule has 0 aliphatic heterocycles. The lowest BCUT2D eigenvalue weighted by Gasteiger charge is -2.29. The number of rotatable bonds is 7. The van der Waals surface area contributed by atoms with Crippen molar-refractivity contribution in [3.63, 3.8) is 0 Å². The summed E-state index contributed by atoms with van der Waals surface area (Å²) in [5.74, 6) is 1.67. The van der Waals surface area contributed by atoms with E-state index in [1.807, 2.05) is 19.1 Å². The largest absolute Gasteiger partial charge is 0.496 e. The van der Waals surface area contributed by atoms with E-state index in [1.165, 1.54) is 6.07 Å². The normalized spacial score (nSPS) is 18.7. The monoisotopic (exact) mass is 530 g/mol. The number of esters is 1. The second-order valence-electron chi connectivity index (χ2n) is 9.78. The molecule has 1 fully saturated rings. The summed E-state index contributed by atoms with van der Waals surface area (Å²) in [7, 11) is 1.61. The van der Waals surface area contributed by atoms with Gasteiger partial charge in [-0.25, -0.2) is 9.97 Å². The molecule has 0 saturated heterocycles. The Morgan fingerprint density at radius 2 is 1.84 bits per heavy atom. The van der Waals surface area contributed by atoms with E-state index in [-0.39, 0.29) is 23.5 Å². The highest BCUT2D eigenvalue weighted by atomic mass is 19.4. The number of ether oxygens (including phenoxy) is 2. The van der Waals surface area contributed by atoms with Crippen LogP contribution in [0.5, 0.6) is 5.75 Å². The van der Waals surface area contributed by atoms with Crippen LogP contribution in [0.3, 0.4) is 0 Å². The SMILES string of the molecule is CCOC(=O)C1CCC(c2cc3c(N[C@H](C)c4cc(N)cc(C(F)(F)F)c4)nc(C)nc3cc2OC)CC1. The molecule has 2 aromatic carbocycles. The first-order chi connectivity index (χ1) is 18.0. The first-order valence-electron chi connectivity index (χ1n) is 12.8. The van der Waals surface area contributed by atoms with E-state index in [0.29, 0.717) is 35.1 Å². The Morgan fingerprint density at radius 3 is 2.47 bits per heavy atom. The minimum Gasteiger partial charge on any atom is -0.496 e. The van der Waals surface area contributed by atoms with Crippen LogP contribution >= 0.6 is 0 Å². The van der Waals surface area contributed by atoms with Crippen LogP contribution < -0.4 is 15.8 Å². The average molecular weight is 531 g/mol. The number of benzene rings is 2. The van der Waals surface area contributed by atoms with Crippen molar-refractivity contribution in [3.05, 3.63) is 52.8 Å². The average Bonchev–Trinajstić information content (AvgIpc) is 2.87. The van der Waals surface area contributed by atoms with Gasteiger partial charge in [0.1, 0.15) is 17.4 Å². The van der Waals surface area contributed by atoms with Crippen LogP contribution in [0.4, 0.5) is 24.7 Å². The highest BCUT2D eigenvalue weighted by Crippen LogP contribution is 2.42. The predicted octanol–water partition coefficient (Wildman–Crippen LogP) is 6.56. The predicted molar refractivity (Wildman–Crippen MR) is 140 cm³/mol. The van der Waals surface area contributed by atoms with Gasteiger partial charge in [-0.05, 0) is 87.8 Å². The fourth-order valence-electron chi connectivity index (χ4n) is 5.17. The second kappa shape index (κ2) is 11.0. The molecule has 4 rings (SSSR count). The molecule has 10 heteroatoms. The van der Waals surface area contributed by atoms with Crippen molar-refractivity contribution in [2.45, 2.75) is 64.6 Å². The molecule has 0 radical (unpaired) electrons. The van der Waals surface area contributed by atoms with Crippen LogP contribution in [0, 0.1) is 12.8 Å². The molecule has 204 valence electrons. The summed E-state index contributed by atoms with van der Waals surface area (Å²) < 4.78 is 51.0. The number of nitrogens with one attached hydrogen (secondary N) is 1. The van der Waals surface area contributed by atoms with Crippen molar-refractivity contribution < 1.29 is 27.4 Å². The van der Waals surface area contributed by atoms with Crippen molar-refractivity contribution in [3.8, 4) is 5.75 Å². The molecule has 1 saturated carbocycles. The highest BCUT2D eigenvalue weighted by molar-refractivity contribution is 5.91. The lowest BCUT2D eigenvalue weighted by molar-refractivity contribution is -0.149. The van der Waals surface area contributed by atoms with Gasteiger partial charge in [-0.3, -0.25) is 4.79 Å². The van der Waals surface area contributed by atoms with Gasteiger partial charge in [0.15, 0.2) is 0 Å². The van der Waals surface area contributed by atoms with Crippen molar-refractivity contribution in [2.75, 3.05) is 24.8 Å². The number of carbonyl (C=O) groups is 1. The van der Waals surface area contributed by atoms with Crippen LogP contribution in [0.15, 0.2) is 30.3 Å². The number of aromatic nitrogens is 2. The zero-order chi connectivity index (χ0) is 27.6. The van der Waals surface area contributed by atoms with E-state index in [2.05, 4.69) is 15.3 Å². The maximum Gasteiger partial charge on any atom is 0.416 e. The Hall–Kier alpha value is -3.56. The number of hydrogen-bond acceptors (Lipinski definition) is 7. The minimum atomic E-state index is -4.50. The molecule has 1 aliphatic carbocycles. The molecule has 7 nitrogen and oxygen atoms in total. The van der Waals surface area contributed by atoms with E-state index in [9.17, 15) is 18.0 Å².